The fourth-order valence-electron chi connectivity index (χ4n) is 1.12. The quantitative estimate of drug-likeness (QED) is 0.601. The van der Waals surface area contributed by atoms with Crippen molar-refractivity contribution in [2.45, 2.75) is 47.0 Å². The average Bonchev–Trinajstić information content (AvgIpc) is 2.72. The van der Waals surface area contributed by atoms with E-state index in [9.17, 15) is 0 Å². The third-order valence-corrected chi connectivity index (χ3v) is 2.48. The fourth-order valence-corrected chi connectivity index (χ4v) is 1.98. The number of thiazole rings is 1. The fraction of sp³-hybridized carbons (Fsp3) is 0.700. The van der Waals surface area contributed by atoms with Gasteiger partial charge in [-0.15, -0.1) is 11.3 Å². The zero-order valence-electron chi connectivity index (χ0n) is 8.55. The molecule has 0 spiro atoms. The lowest BCUT2D eigenvalue weighted by Gasteiger charge is -1.77. The van der Waals surface area contributed by atoms with Crippen LogP contribution in [0.5, 0.6) is 0 Å². The molecule has 0 saturated heterocycles. The third-order valence-electron chi connectivity index (χ3n) is 1.54. The molecule has 1 aromatic rings. The molecule has 0 aromatic carbocycles. The summed E-state index contributed by atoms with van der Waals surface area (Å²) in [6.45, 7) is 8.00. The molecule has 1 aliphatic rings. The first-order valence-electron chi connectivity index (χ1n) is 4.88. The monoisotopic (exact) mass is 185 g/mol. The number of hydrogen-bond acceptors (Lipinski definition) is 2. The summed E-state index contributed by atoms with van der Waals surface area (Å²) in [5.74, 6) is 0. The number of rotatable bonds is 0. The summed E-state index contributed by atoms with van der Waals surface area (Å²) in [5, 5.41) is 0. The number of nitrogens with zero attached hydrogens (tertiary/aromatic N) is 1. The highest BCUT2D eigenvalue weighted by atomic mass is 32.1. The van der Waals surface area contributed by atoms with Crippen molar-refractivity contribution in [1.29, 1.82) is 0 Å². The van der Waals surface area contributed by atoms with Crippen molar-refractivity contribution in [1.82, 2.24) is 4.98 Å². The second-order valence-electron chi connectivity index (χ2n) is 2.08. The Balaban J connectivity index is 0.000000269. The Morgan fingerprint density at radius 2 is 1.83 bits per heavy atom. The van der Waals surface area contributed by atoms with E-state index in [-0.39, 0.29) is 0 Å². The van der Waals surface area contributed by atoms with E-state index < -0.39 is 0 Å². The van der Waals surface area contributed by atoms with Crippen LogP contribution in [0, 0.1) is 0 Å². The van der Waals surface area contributed by atoms with Crippen LogP contribution in [0.3, 0.4) is 0 Å². The van der Waals surface area contributed by atoms with Crippen LogP contribution in [0.15, 0.2) is 5.51 Å². The van der Waals surface area contributed by atoms with E-state index in [0.29, 0.717) is 0 Å². The van der Waals surface area contributed by atoms with E-state index in [4.69, 9.17) is 0 Å². The largest absolute Gasteiger partial charge is 0.249 e. The van der Waals surface area contributed by atoms with Gasteiger partial charge in [-0.2, -0.15) is 0 Å². The van der Waals surface area contributed by atoms with Crippen molar-refractivity contribution < 1.29 is 0 Å². The number of aryl methyl sites for hydroxylation is 2. The molecule has 1 aromatic heterocycles. The topological polar surface area (TPSA) is 12.9 Å². The van der Waals surface area contributed by atoms with Gasteiger partial charge in [-0.25, -0.2) is 4.98 Å². The van der Waals surface area contributed by atoms with E-state index in [2.05, 4.69) is 4.98 Å². The predicted molar refractivity (Wildman–Crippen MR) is 56.8 cm³/mol. The second kappa shape index (κ2) is 7.29. The molecule has 1 heterocycles. The van der Waals surface area contributed by atoms with Crippen LogP contribution < -0.4 is 0 Å². The maximum absolute atomic E-state index is 4.22. The van der Waals surface area contributed by atoms with Crippen molar-refractivity contribution in [3.63, 3.8) is 0 Å². The van der Waals surface area contributed by atoms with E-state index >= 15 is 0 Å². The third kappa shape index (κ3) is 2.94. The van der Waals surface area contributed by atoms with Gasteiger partial charge in [0.2, 0.25) is 0 Å². The highest BCUT2D eigenvalue weighted by molar-refractivity contribution is 7.09. The molecule has 1 aliphatic carbocycles. The molecule has 1 nitrogen and oxygen atoms in total. The molecule has 2 heteroatoms. The van der Waals surface area contributed by atoms with Gasteiger partial charge in [-0.05, 0) is 19.3 Å². The zero-order valence-corrected chi connectivity index (χ0v) is 9.37. The maximum atomic E-state index is 4.22. The van der Waals surface area contributed by atoms with E-state index in [1.807, 2.05) is 33.2 Å². The van der Waals surface area contributed by atoms with Crippen molar-refractivity contribution in [3.05, 3.63) is 16.1 Å². The van der Waals surface area contributed by atoms with Gasteiger partial charge in [-0.3, -0.25) is 0 Å². The lowest BCUT2D eigenvalue weighted by molar-refractivity contribution is 0.899. The summed E-state index contributed by atoms with van der Waals surface area (Å²) in [4.78, 5) is 5.73. The Labute approximate surface area is 79.9 Å². The summed E-state index contributed by atoms with van der Waals surface area (Å²) in [6, 6.07) is 0. The molecular formula is C10H19NS. The number of hydrogen-bond donors (Lipinski definition) is 0. The average molecular weight is 185 g/mol. The molecule has 0 fully saturated rings. The summed E-state index contributed by atoms with van der Waals surface area (Å²) in [6.07, 6.45) is 3.83. The Kier molecular flexibility index (Phi) is 7.06. The van der Waals surface area contributed by atoms with Gasteiger partial charge in [0.25, 0.3) is 0 Å². The molecule has 0 radical (unpaired) electrons. The Hall–Kier alpha value is -0.370. The molecule has 0 bridgehead atoms. The number of aromatic nitrogens is 1. The number of fused-ring (bicyclic) bond motifs is 1. The van der Waals surface area contributed by atoms with Gasteiger partial charge in [0, 0.05) is 4.88 Å². The van der Waals surface area contributed by atoms with Crippen LogP contribution in [0.1, 0.15) is 44.7 Å². The van der Waals surface area contributed by atoms with Crippen LogP contribution in [0.4, 0.5) is 0 Å². The summed E-state index contributed by atoms with van der Waals surface area (Å²) in [7, 11) is 0. The van der Waals surface area contributed by atoms with Gasteiger partial charge >= 0.3 is 0 Å². The molecule has 0 unspecified atom stereocenters. The van der Waals surface area contributed by atoms with Crippen LogP contribution in [0.25, 0.3) is 0 Å². The van der Waals surface area contributed by atoms with E-state index in [1.54, 1.807) is 11.3 Å². The van der Waals surface area contributed by atoms with Crippen LogP contribution in [-0.4, -0.2) is 4.98 Å². The predicted octanol–water partition coefficient (Wildman–Crippen LogP) is 3.68. The Bertz CT molecular complexity index is 175. The van der Waals surface area contributed by atoms with E-state index in [1.165, 1.54) is 29.8 Å². The first-order valence-corrected chi connectivity index (χ1v) is 5.76. The van der Waals surface area contributed by atoms with Gasteiger partial charge in [0.15, 0.2) is 0 Å². The van der Waals surface area contributed by atoms with Crippen molar-refractivity contribution in [2.75, 3.05) is 0 Å². The molecular weight excluding hydrogens is 166 g/mol. The smallest absolute Gasteiger partial charge is 0.0797 e. The van der Waals surface area contributed by atoms with E-state index in [0.717, 1.165) is 0 Å². The first-order chi connectivity index (χ1) is 5.97. The molecule has 0 saturated carbocycles. The molecule has 0 aliphatic heterocycles. The van der Waals surface area contributed by atoms with Gasteiger partial charge in [0.05, 0.1) is 11.2 Å². The van der Waals surface area contributed by atoms with Crippen molar-refractivity contribution in [3.8, 4) is 0 Å². The lowest BCUT2D eigenvalue weighted by Crippen LogP contribution is -1.73. The highest BCUT2D eigenvalue weighted by Crippen LogP contribution is 2.23. The zero-order chi connectivity index (χ0) is 9.40. The Morgan fingerprint density at radius 1 is 1.17 bits per heavy atom. The Morgan fingerprint density at radius 3 is 2.42 bits per heavy atom. The standard InChI is InChI=1S/C6H7NS.2C2H6/c1-2-5-6(3-1)8-4-7-5;2*1-2/h4H,1-3H2;2*1-2H3. The highest BCUT2D eigenvalue weighted by Gasteiger charge is 2.11. The van der Waals surface area contributed by atoms with Crippen LogP contribution >= 0.6 is 11.3 Å². The summed E-state index contributed by atoms with van der Waals surface area (Å²) >= 11 is 1.80. The van der Waals surface area contributed by atoms with Gasteiger partial charge in [0.1, 0.15) is 0 Å². The SMILES string of the molecule is CC.CC.c1nc2c(s1)CCC2. The van der Waals surface area contributed by atoms with Gasteiger partial charge < -0.3 is 0 Å². The minimum atomic E-state index is 1.22. The first kappa shape index (κ1) is 11.6. The summed E-state index contributed by atoms with van der Waals surface area (Å²) < 4.78 is 0. The lowest BCUT2D eigenvalue weighted by atomic mass is 10.4. The van der Waals surface area contributed by atoms with Crippen molar-refractivity contribution in [2.24, 2.45) is 0 Å². The van der Waals surface area contributed by atoms with Crippen molar-refractivity contribution >= 4 is 11.3 Å². The van der Waals surface area contributed by atoms with Crippen LogP contribution in [0.2, 0.25) is 0 Å². The normalized spacial score (nSPS) is 12.0. The van der Waals surface area contributed by atoms with Crippen LogP contribution in [-0.2, 0) is 12.8 Å². The molecule has 70 valence electrons. The maximum Gasteiger partial charge on any atom is 0.0797 e. The molecule has 0 amide bonds. The molecule has 12 heavy (non-hydrogen) atoms. The molecule has 0 atom stereocenters. The minimum absolute atomic E-state index is 1.22. The summed E-state index contributed by atoms with van der Waals surface area (Å²) in [5.41, 5.74) is 3.30. The van der Waals surface area contributed by atoms with Gasteiger partial charge in [-0.1, -0.05) is 27.7 Å². The molecule has 0 N–H and O–H groups in total. The second-order valence-corrected chi connectivity index (χ2v) is 3.02. The molecule has 2 rings (SSSR count). The minimum Gasteiger partial charge on any atom is -0.249 e.